The molecule has 0 atom stereocenters. The Bertz CT molecular complexity index is 979. The van der Waals surface area contributed by atoms with Crippen LogP contribution in [0, 0.1) is 0 Å². The minimum atomic E-state index is -4.43. The fourth-order valence-corrected chi connectivity index (χ4v) is 2.58. The van der Waals surface area contributed by atoms with E-state index >= 15 is 0 Å². The van der Waals surface area contributed by atoms with E-state index < -0.39 is 11.7 Å². The normalized spacial score (nSPS) is 11.0. The standard InChI is InChI=1S/C22H19F3N2O3/c23-22(24,25)18-6-2-8-20(13-18)29-11-10-27-21(28)17-5-1-7-19(12-17)30-15-16-4-3-9-26-14-16/h1-9,12-14H,10-11,15H2,(H,27,28). The van der Waals surface area contributed by atoms with Crippen molar-refractivity contribution in [3.05, 3.63) is 89.7 Å². The SMILES string of the molecule is O=C(NCCOc1cccc(C(F)(F)F)c1)c1cccc(OCc2cccnc2)c1. The molecule has 0 saturated carbocycles. The van der Waals surface area contributed by atoms with Gasteiger partial charge in [-0.15, -0.1) is 0 Å². The van der Waals surface area contributed by atoms with Gasteiger partial charge in [0, 0.05) is 23.5 Å². The second-order valence-electron chi connectivity index (χ2n) is 6.31. The number of halogens is 3. The highest BCUT2D eigenvalue weighted by Crippen LogP contribution is 2.31. The van der Waals surface area contributed by atoms with Crippen LogP contribution in [0.1, 0.15) is 21.5 Å². The minimum Gasteiger partial charge on any atom is -0.492 e. The predicted octanol–water partition coefficient (Wildman–Crippen LogP) is 4.49. The second kappa shape index (κ2) is 9.78. The summed E-state index contributed by atoms with van der Waals surface area (Å²) >= 11 is 0. The zero-order valence-corrected chi connectivity index (χ0v) is 15.9. The highest BCUT2D eigenvalue weighted by molar-refractivity contribution is 5.94. The zero-order valence-electron chi connectivity index (χ0n) is 15.9. The summed E-state index contributed by atoms with van der Waals surface area (Å²) in [6.45, 7) is 0.490. The molecule has 0 bridgehead atoms. The Kier molecular flexibility index (Phi) is 6.90. The molecule has 1 amide bonds. The molecule has 0 saturated heterocycles. The summed E-state index contributed by atoms with van der Waals surface area (Å²) in [5.41, 5.74) is 0.518. The maximum absolute atomic E-state index is 12.7. The zero-order chi connectivity index (χ0) is 21.4. The lowest BCUT2D eigenvalue weighted by atomic mass is 10.2. The van der Waals surface area contributed by atoms with E-state index in [0.29, 0.717) is 17.9 Å². The lowest BCUT2D eigenvalue weighted by Crippen LogP contribution is -2.28. The number of hydrogen-bond donors (Lipinski definition) is 1. The van der Waals surface area contributed by atoms with Crippen LogP contribution in [0.15, 0.2) is 73.1 Å². The van der Waals surface area contributed by atoms with Gasteiger partial charge in [-0.3, -0.25) is 9.78 Å². The van der Waals surface area contributed by atoms with Gasteiger partial charge in [0.1, 0.15) is 24.7 Å². The van der Waals surface area contributed by atoms with E-state index in [0.717, 1.165) is 17.7 Å². The summed E-state index contributed by atoms with van der Waals surface area (Å²) < 4.78 is 49.1. The number of benzene rings is 2. The molecule has 0 aliphatic carbocycles. The van der Waals surface area contributed by atoms with Crippen molar-refractivity contribution in [1.82, 2.24) is 10.3 Å². The van der Waals surface area contributed by atoms with E-state index in [4.69, 9.17) is 9.47 Å². The number of pyridine rings is 1. The van der Waals surface area contributed by atoms with Gasteiger partial charge < -0.3 is 14.8 Å². The Labute approximate surface area is 171 Å². The topological polar surface area (TPSA) is 60.5 Å². The number of hydrogen-bond acceptors (Lipinski definition) is 4. The third-order valence-electron chi connectivity index (χ3n) is 4.04. The fraction of sp³-hybridized carbons (Fsp3) is 0.182. The van der Waals surface area contributed by atoms with Crippen molar-refractivity contribution in [2.45, 2.75) is 12.8 Å². The predicted molar refractivity (Wildman–Crippen MR) is 104 cm³/mol. The van der Waals surface area contributed by atoms with Gasteiger partial charge in [-0.2, -0.15) is 13.2 Å². The Morgan fingerprint density at radius 1 is 0.967 bits per heavy atom. The van der Waals surface area contributed by atoms with E-state index in [2.05, 4.69) is 10.3 Å². The largest absolute Gasteiger partial charge is 0.492 e. The van der Waals surface area contributed by atoms with Gasteiger partial charge in [0.25, 0.3) is 5.91 Å². The van der Waals surface area contributed by atoms with Crippen LogP contribution in [0.3, 0.4) is 0 Å². The van der Waals surface area contributed by atoms with Crippen molar-refractivity contribution in [3.63, 3.8) is 0 Å². The number of carbonyl (C=O) groups excluding carboxylic acids is 1. The number of carbonyl (C=O) groups is 1. The number of ether oxygens (including phenoxy) is 2. The van der Waals surface area contributed by atoms with E-state index in [1.165, 1.54) is 12.1 Å². The molecule has 0 fully saturated rings. The molecule has 1 N–H and O–H groups in total. The summed E-state index contributed by atoms with van der Waals surface area (Å²) in [5.74, 6) is 0.283. The van der Waals surface area contributed by atoms with Crippen LogP contribution in [0.4, 0.5) is 13.2 Å². The maximum atomic E-state index is 12.7. The van der Waals surface area contributed by atoms with Crippen molar-refractivity contribution in [1.29, 1.82) is 0 Å². The first kappa shape index (κ1) is 21.2. The molecule has 0 aliphatic heterocycles. The van der Waals surface area contributed by atoms with Crippen molar-refractivity contribution < 1.29 is 27.4 Å². The average Bonchev–Trinajstić information content (AvgIpc) is 2.76. The van der Waals surface area contributed by atoms with Gasteiger partial charge >= 0.3 is 6.18 Å². The molecular formula is C22H19F3N2O3. The van der Waals surface area contributed by atoms with Crippen LogP contribution in [0.2, 0.25) is 0 Å². The van der Waals surface area contributed by atoms with Gasteiger partial charge in [0.15, 0.2) is 0 Å². The molecule has 1 aromatic heterocycles. The molecule has 1 heterocycles. The lowest BCUT2D eigenvalue weighted by molar-refractivity contribution is -0.137. The fourth-order valence-electron chi connectivity index (χ4n) is 2.58. The Morgan fingerprint density at radius 3 is 2.47 bits per heavy atom. The quantitative estimate of drug-likeness (QED) is 0.550. The highest BCUT2D eigenvalue weighted by Gasteiger charge is 2.30. The van der Waals surface area contributed by atoms with Crippen LogP contribution in [0.25, 0.3) is 0 Å². The van der Waals surface area contributed by atoms with Gasteiger partial charge in [-0.05, 0) is 42.5 Å². The van der Waals surface area contributed by atoms with Gasteiger partial charge in [-0.1, -0.05) is 18.2 Å². The molecule has 3 aromatic rings. The first-order valence-electron chi connectivity index (χ1n) is 9.12. The van der Waals surface area contributed by atoms with E-state index in [9.17, 15) is 18.0 Å². The van der Waals surface area contributed by atoms with Crippen molar-refractivity contribution in [3.8, 4) is 11.5 Å². The van der Waals surface area contributed by atoms with Crippen LogP contribution in [-0.4, -0.2) is 24.0 Å². The first-order valence-corrected chi connectivity index (χ1v) is 9.12. The summed E-state index contributed by atoms with van der Waals surface area (Å²) in [5, 5.41) is 2.66. The van der Waals surface area contributed by atoms with Crippen LogP contribution in [0.5, 0.6) is 11.5 Å². The molecule has 0 unspecified atom stereocenters. The van der Waals surface area contributed by atoms with Crippen molar-refractivity contribution in [2.24, 2.45) is 0 Å². The Balaban J connectivity index is 1.47. The highest BCUT2D eigenvalue weighted by atomic mass is 19.4. The van der Waals surface area contributed by atoms with E-state index in [1.54, 1.807) is 36.7 Å². The smallest absolute Gasteiger partial charge is 0.416 e. The van der Waals surface area contributed by atoms with Crippen LogP contribution in [-0.2, 0) is 12.8 Å². The summed E-state index contributed by atoms with van der Waals surface area (Å²) in [6, 6.07) is 15.0. The minimum absolute atomic E-state index is 0.0320. The molecule has 0 aliphatic rings. The maximum Gasteiger partial charge on any atom is 0.416 e. The van der Waals surface area contributed by atoms with Gasteiger partial charge in [0.05, 0.1) is 12.1 Å². The van der Waals surface area contributed by atoms with E-state index in [-0.39, 0.29) is 24.8 Å². The van der Waals surface area contributed by atoms with Crippen molar-refractivity contribution >= 4 is 5.91 Å². The average molecular weight is 416 g/mol. The summed E-state index contributed by atoms with van der Waals surface area (Å²) in [7, 11) is 0. The third kappa shape index (κ3) is 6.23. The number of aromatic nitrogens is 1. The van der Waals surface area contributed by atoms with Crippen molar-refractivity contribution in [2.75, 3.05) is 13.2 Å². The third-order valence-corrected chi connectivity index (χ3v) is 4.04. The number of amides is 1. The molecule has 5 nitrogen and oxygen atoms in total. The molecule has 156 valence electrons. The van der Waals surface area contributed by atoms with E-state index in [1.807, 2.05) is 12.1 Å². The monoisotopic (exact) mass is 416 g/mol. The van der Waals surface area contributed by atoms with Crippen LogP contribution < -0.4 is 14.8 Å². The Hall–Kier alpha value is -3.55. The second-order valence-corrected chi connectivity index (χ2v) is 6.31. The van der Waals surface area contributed by atoms with Gasteiger partial charge in [-0.25, -0.2) is 0 Å². The van der Waals surface area contributed by atoms with Crippen LogP contribution >= 0.6 is 0 Å². The van der Waals surface area contributed by atoms with Gasteiger partial charge in [0.2, 0.25) is 0 Å². The number of nitrogens with one attached hydrogen (secondary N) is 1. The molecule has 0 radical (unpaired) electrons. The summed E-state index contributed by atoms with van der Waals surface area (Å²) in [6.07, 6.45) is -1.07. The molecule has 2 aromatic carbocycles. The number of rotatable bonds is 8. The molecule has 8 heteroatoms. The number of alkyl halides is 3. The first-order chi connectivity index (χ1) is 14.4. The lowest BCUT2D eigenvalue weighted by Gasteiger charge is -2.11. The number of nitrogens with zero attached hydrogens (tertiary/aromatic N) is 1. The molecule has 3 rings (SSSR count). The Morgan fingerprint density at radius 2 is 1.73 bits per heavy atom. The molecule has 30 heavy (non-hydrogen) atoms. The summed E-state index contributed by atoms with van der Waals surface area (Å²) in [4.78, 5) is 16.3. The molecular weight excluding hydrogens is 397 g/mol. The molecule has 0 spiro atoms.